The van der Waals surface area contributed by atoms with Gasteiger partial charge in [-0.25, -0.2) is 8.78 Å². The summed E-state index contributed by atoms with van der Waals surface area (Å²) in [5.74, 6) is -2.05. The number of ketones is 1. The molecule has 1 aliphatic rings. The lowest BCUT2D eigenvalue weighted by atomic mass is 9.90. The van der Waals surface area contributed by atoms with Crippen LogP contribution < -0.4 is 10.1 Å². The molecule has 7 heteroatoms. The first-order chi connectivity index (χ1) is 13.2. The number of aryl methyl sites for hydroxylation is 1. The van der Waals surface area contributed by atoms with Gasteiger partial charge in [0.25, 0.3) is 5.91 Å². The summed E-state index contributed by atoms with van der Waals surface area (Å²) in [6, 6.07) is 6.11. The molecular formula is C21H17F2NO4. The van der Waals surface area contributed by atoms with E-state index in [-0.39, 0.29) is 23.7 Å². The predicted octanol–water partition coefficient (Wildman–Crippen LogP) is 5.02. The smallest absolute Gasteiger partial charge is 0.291 e. The summed E-state index contributed by atoms with van der Waals surface area (Å²) in [5, 5.41) is 2.87. The van der Waals surface area contributed by atoms with E-state index < -0.39 is 23.1 Å². The Labute approximate surface area is 159 Å². The lowest BCUT2D eigenvalue weighted by Crippen LogP contribution is -2.35. The Morgan fingerprint density at radius 1 is 1.18 bits per heavy atom. The number of carbonyl (C=O) groups is 2. The highest BCUT2D eigenvalue weighted by Gasteiger charge is 2.35. The third-order valence-electron chi connectivity index (χ3n) is 4.69. The maximum atomic E-state index is 13.8. The average Bonchev–Trinajstić information content (AvgIpc) is 2.93. The number of hydrogen-bond donors (Lipinski definition) is 1. The number of benzene rings is 2. The Kier molecular flexibility index (Phi) is 3.99. The summed E-state index contributed by atoms with van der Waals surface area (Å²) >= 11 is 0. The Morgan fingerprint density at radius 3 is 2.64 bits per heavy atom. The van der Waals surface area contributed by atoms with Crippen molar-refractivity contribution >= 4 is 28.3 Å². The van der Waals surface area contributed by atoms with Gasteiger partial charge >= 0.3 is 0 Å². The molecule has 0 radical (unpaired) electrons. The van der Waals surface area contributed by atoms with Crippen molar-refractivity contribution in [3.63, 3.8) is 0 Å². The molecule has 1 aromatic heterocycles. The van der Waals surface area contributed by atoms with Crippen molar-refractivity contribution < 1.29 is 27.5 Å². The number of carbonyl (C=O) groups excluding carboxylic acids is 2. The summed E-state index contributed by atoms with van der Waals surface area (Å²) in [6.07, 6.45) is 0.200. The molecule has 0 aliphatic carbocycles. The summed E-state index contributed by atoms with van der Waals surface area (Å²) in [6.45, 7) is 5.31. The number of Topliss-reactive ketones (excluding diaryl/α,β-unsaturated/α-hetero) is 1. The molecule has 0 bridgehead atoms. The van der Waals surface area contributed by atoms with Crippen LogP contribution in [0.15, 0.2) is 34.7 Å². The molecule has 4 rings (SSSR count). The highest BCUT2D eigenvalue weighted by Crippen LogP contribution is 2.40. The number of anilines is 1. The molecule has 28 heavy (non-hydrogen) atoms. The molecule has 2 heterocycles. The second-order valence-corrected chi connectivity index (χ2v) is 7.41. The van der Waals surface area contributed by atoms with Crippen LogP contribution in [0.1, 0.15) is 46.7 Å². The number of rotatable bonds is 2. The fourth-order valence-corrected chi connectivity index (χ4v) is 3.48. The quantitative estimate of drug-likeness (QED) is 0.673. The van der Waals surface area contributed by atoms with Gasteiger partial charge in [0.15, 0.2) is 11.5 Å². The standard InChI is InChI=1S/C21H17F2NO4/c1-10-17-15(6-7-16-18(17)14(25)9-21(2,3)28-16)27-19(10)20(26)24-13-5-4-11(22)8-12(13)23/h4-8H,9H2,1-3H3,(H,24,26). The van der Waals surface area contributed by atoms with E-state index in [1.54, 1.807) is 19.1 Å². The number of hydrogen-bond acceptors (Lipinski definition) is 4. The van der Waals surface area contributed by atoms with Crippen LogP contribution in [0.3, 0.4) is 0 Å². The van der Waals surface area contributed by atoms with Crippen LogP contribution in [0.4, 0.5) is 14.5 Å². The summed E-state index contributed by atoms with van der Waals surface area (Å²) < 4.78 is 38.4. The van der Waals surface area contributed by atoms with E-state index in [1.165, 1.54) is 0 Å². The highest BCUT2D eigenvalue weighted by atomic mass is 19.1. The van der Waals surface area contributed by atoms with Crippen LogP contribution in [-0.4, -0.2) is 17.3 Å². The van der Waals surface area contributed by atoms with Crippen molar-refractivity contribution in [1.82, 2.24) is 0 Å². The van der Waals surface area contributed by atoms with Gasteiger partial charge in [-0.3, -0.25) is 9.59 Å². The molecule has 0 unspecified atom stereocenters. The van der Waals surface area contributed by atoms with Gasteiger partial charge in [-0.05, 0) is 45.0 Å². The summed E-state index contributed by atoms with van der Waals surface area (Å²) in [5.41, 5.74) is 0.399. The minimum Gasteiger partial charge on any atom is -0.487 e. The van der Waals surface area contributed by atoms with Crippen molar-refractivity contribution in [2.45, 2.75) is 32.8 Å². The van der Waals surface area contributed by atoms with Gasteiger partial charge in [-0.1, -0.05) is 0 Å². The van der Waals surface area contributed by atoms with Gasteiger partial charge < -0.3 is 14.5 Å². The molecule has 0 atom stereocenters. The molecule has 2 aromatic carbocycles. The van der Waals surface area contributed by atoms with Gasteiger partial charge in [0.2, 0.25) is 0 Å². The first-order valence-electron chi connectivity index (χ1n) is 8.71. The minimum atomic E-state index is -0.898. The molecule has 1 aliphatic heterocycles. The molecule has 0 fully saturated rings. The number of fused-ring (bicyclic) bond motifs is 3. The van der Waals surface area contributed by atoms with Gasteiger partial charge in [-0.2, -0.15) is 0 Å². The average molecular weight is 385 g/mol. The second kappa shape index (κ2) is 6.15. The lowest BCUT2D eigenvalue weighted by molar-refractivity contribution is 0.0623. The Balaban J connectivity index is 1.77. The number of ether oxygens (including phenoxy) is 1. The van der Waals surface area contributed by atoms with Crippen molar-refractivity contribution in [1.29, 1.82) is 0 Å². The van der Waals surface area contributed by atoms with Gasteiger partial charge in [-0.15, -0.1) is 0 Å². The third-order valence-corrected chi connectivity index (χ3v) is 4.69. The van der Waals surface area contributed by atoms with Crippen molar-refractivity contribution in [3.05, 3.63) is 58.9 Å². The Bertz CT molecular complexity index is 1150. The predicted molar refractivity (Wildman–Crippen MR) is 98.9 cm³/mol. The fraction of sp³-hybridized carbons (Fsp3) is 0.238. The number of amides is 1. The first-order valence-corrected chi connectivity index (χ1v) is 8.71. The molecule has 1 amide bonds. The molecule has 144 valence electrons. The van der Waals surface area contributed by atoms with Crippen molar-refractivity contribution in [2.75, 3.05) is 5.32 Å². The zero-order valence-corrected chi connectivity index (χ0v) is 15.5. The van der Waals surface area contributed by atoms with E-state index in [9.17, 15) is 18.4 Å². The summed E-state index contributed by atoms with van der Waals surface area (Å²) in [7, 11) is 0. The van der Waals surface area contributed by atoms with Crippen LogP contribution in [0.2, 0.25) is 0 Å². The largest absolute Gasteiger partial charge is 0.487 e. The number of nitrogens with one attached hydrogen (secondary N) is 1. The fourth-order valence-electron chi connectivity index (χ4n) is 3.48. The van der Waals surface area contributed by atoms with E-state index in [0.29, 0.717) is 33.9 Å². The topological polar surface area (TPSA) is 68.5 Å². The molecule has 0 saturated heterocycles. The van der Waals surface area contributed by atoms with Crippen molar-refractivity contribution in [2.24, 2.45) is 0 Å². The number of furan rings is 1. The molecule has 0 saturated carbocycles. The zero-order valence-electron chi connectivity index (χ0n) is 15.5. The van der Waals surface area contributed by atoms with E-state index in [2.05, 4.69) is 5.32 Å². The summed E-state index contributed by atoms with van der Waals surface area (Å²) in [4.78, 5) is 25.3. The van der Waals surface area contributed by atoms with Crippen molar-refractivity contribution in [3.8, 4) is 5.75 Å². The zero-order chi connectivity index (χ0) is 20.2. The van der Waals surface area contributed by atoms with Gasteiger partial charge in [0, 0.05) is 17.0 Å². The van der Waals surface area contributed by atoms with Crippen LogP contribution in [0.25, 0.3) is 11.0 Å². The van der Waals surface area contributed by atoms with Crippen LogP contribution in [0.5, 0.6) is 5.75 Å². The Morgan fingerprint density at radius 2 is 1.93 bits per heavy atom. The lowest BCUT2D eigenvalue weighted by Gasteiger charge is -2.31. The van der Waals surface area contributed by atoms with Gasteiger partial charge in [0.05, 0.1) is 17.7 Å². The number of halogens is 2. The van der Waals surface area contributed by atoms with E-state index in [1.807, 2.05) is 13.8 Å². The maximum Gasteiger partial charge on any atom is 0.291 e. The molecule has 5 nitrogen and oxygen atoms in total. The first kappa shape index (κ1) is 18.2. The SMILES string of the molecule is Cc1c(C(=O)Nc2ccc(F)cc2F)oc2ccc3c(c12)C(=O)CC(C)(C)O3. The molecule has 0 spiro atoms. The molecule has 3 aromatic rings. The van der Waals surface area contributed by atoms with Crippen LogP contribution in [0, 0.1) is 18.6 Å². The normalized spacial score (nSPS) is 15.2. The van der Waals surface area contributed by atoms with Gasteiger partial charge in [0.1, 0.15) is 28.6 Å². The monoisotopic (exact) mass is 385 g/mol. The second-order valence-electron chi connectivity index (χ2n) is 7.41. The van der Waals surface area contributed by atoms with Crippen LogP contribution >= 0.6 is 0 Å². The highest BCUT2D eigenvalue weighted by molar-refractivity contribution is 6.14. The van der Waals surface area contributed by atoms with E-state index in [4.69, 9.17) is 9.15 Å². The molecular weight excluding hydrogens is 368 g/mol. The minimum absolute atomic E-state index is 0.0511. The molecule has 1 N–H and O–H groups in total. The van der Waals surface area contributed by atoms with Crippen LogP contribution in [-0.2, 0) is 0 Å². The third kappa shape index (κ3) is 2.93. The van der Waals surface area contributed by atoms with E-state index >= 15 is 0 Å². The van der Waals surface area contributed by atoms with E-state index in [0.717, 1.165) is 12.1 Å². The maximum absolute atomic E-state index is 13.8. The Hall–Kier alpha value is -3.22.